The van der Waals surface area contributed by atoms with Crippen LogP contribution in [0.2, 0.25) is 0 Å². The minimum atomic E-state index is -0.113. The highest BCUT2D eigenvalue weighted by molar-refractivity contribution is 5.79. The predicted molar refractivity (Wildman–Crippen MR) is 70.2 cm³/mol. The molecule has 0 unspecified atom stereocenters. The van der Waals surface area contributed by atoms with Crippen LogP contribution < -0.4 is 5.32 Å². The van der Waals surface area contributed by atoms with E-state index >= 15 is 0 Å². The van der Waals surface area contributed by atoms with Gasteiger partial charge in [0.25, 0.3) is 0 Å². The molecule has 0 amide bonds. The average Bonchev–Trinajstić information content (AvgIpc) is 2.28. The molecule has 3 nitrogen and oxygen atoms in total. The van der Waals surface area contributed by atoms with Crippen LogP contribution in [0.3, 0.4) is 0 Å². The molecule has 2 saturated carbocycles. The van der Waals surface area contributed by atoms with Gasteiger partial charge in [-0.2, -0.15) is 0 Å². The first-order valence-electron chi connectivity index (χ1n) is 7.59. The number of rotatable bonds is 3. The fraction of sp³-hybridized carbons (Fsp3) is 0.933. The van der Waals surface area contributed by atoms with Crippen LogP contribution in [0.1, 0.15) is 51.9 Å². The first-order chi connectivity index (χ1) is 8.71. The van der Waals surface area contributed by atoms with Crippen LogP contribution in [0, 0.1) is 16.7 Å². The number of hydrogen-bond donors (Lipinski definition) is 1. The standard InChI is InChI=1S/C15H25NO2/c1-2-18-13(17)15(12-4-8-16-9-5-12)10-14(11-15)6-3-7-14/h12,16H,2-11H2,1H3. The summed E-state index contributed by atoms with van der Waals surface area (Å²) >= 11 is 0. The summed E-state index contributed by atoms with van der Waals surface area (Å²) in [6.07, 6.45) is 8.58. The maximum Gasteiger partial charge on any atom is 0.312 e. The van der Waals surface area contributed by atoms with E-state index in [2.05, 4.69) is 5.32 Å². The molecule has 1 spiro atoms. The van der Waals surface area contributed by atoms with E-state index in [1.165, 1.54) is 19.3 Å². The number of piperidine rings is 1. The van der Waals surface area contributed by atoms with Gasteiger partial charge in [-0.15, -0.1) is 0 Å². The lowest BCUT2D eigenvalue weighted by Crippen LogP contribution is -2.59. The summed E-state index contributed by atoms with van der Waals surface area (Å²) in [6, 6.07) is 0. The SMILES string of the molecule is CCOC(=O)C1(C2CCNCC2)CC2(CCC2)C1. The van der Waals surface area contributed by atoms with Crippen LogP contribution in [-0.4, -0.2) is 25.7 Å². The van der Waals surface area contributed by atoms with Crippen LogP contribution in [0.25, 0.3) is 0 Å². The van der Waals surface area contributed by atoms with Crippen LogP contribution in [0.15, 0.2) is 0 Å². The highest BCUT2D eigenvalue weighted by Gasteiger charge is 2.64. The fourth-order valence-electron chi connectivity index (χ4n) is 4.57. The molecule has 0 atom stereocenters. The van der Waals surface area contributed by atoms with E-state index in [0.29, 0.717) is 17.9 Å². The number of esters is 1. The molecule has 1 saturated heterocycles. The summed E-state index contributed by atoms with van der Waals surface area (Å²) in [4.78, 5) is 12.4. The van der Waals surface area contributed by atoms with Crippen LogP contribution >= 0.6 is 0 Å². The Hall–Kier alpha value is -0.570. The first-order valence-corrected chi connectivity index (χ1v) is 7.59. The summed E-state index contributed by atoms with van der Waals surface area (Å²) in [5, 5.41) is 3.40. The monoisotopic (exact) mass is 251 g/mol. The van der Waals surface area contributed by atoms with Crippen molar-refractivity contribution in [1.82, 2.24) is 5.32 Å². The van der Waals surface area contributed by atoms with Crippen molar-refractivity contribution in [3.8, 4) is 0 Å². The number of carbonyl (C=O) groups is 1. The van der Waals surface area contributed by atoms with Gasteiger partial charge in [0.1, 0.15) is 0 Å². The van der Waals surface area contributed by atoms with Crippen LogP contribution in [0.5, 0.6) is 0 Å². The molecule has 0 aromatic heterocycles. The second-order valence-electron chi connectivity index (χ2n) is 6.61. The Kier molecular flexibility index (Phi) is 3.13. The number of ether oxygens (including phenoxy) is 1. The Morgan fingerprint density at radius 2 is 1.94 bits per heavy atom. The second-order valence-corrected chi connectivity index (χ2v) is 6.61. The molecule has 3 heteroatoms. The highest BCUT2D eigenvalue weighted by Crippen LogP contribution is 2.68. The van der Waals surface area contributed by atoms with Crippen molar-refractivity contribution in [3.05, 3.63) is 0 Å². The molecular weight excluding hydrogens is 226 g/mol. The molecule has 1 aliphatic heterocycles. The van der Waals surface area contributed by atoms with Gasteiger partial charge in [-0.3, -0.25) is 4.79 Å². The topological polar surface area (TPSA) is 38.3 Å². The Bertz CT molecular complexity index is 321. The molecule has 0 bridgehead atoms. The number of carbonyl (C=O) groups excluding carboxylic acids is 1. The minimum absolute atomic E-state index is 0.106. The van der Waals surface area contributed by atoms with Crippen molar-refractivity contribution >= 4 is 5.97 Å². The zero-order valence-corrected chi connectivity index (χ0v) is 11.5. The third-order valence-electron chi connectivity index (χ3n) is 5.60. The Balaban J connectivity index is 1.73. The smallest absolute Gasteiger partial charge is 0.312 e. The van der Waals surface area contributed by atoms with E-state index in [-0.39, 0.29) is 11.4 Å². The maximum absolute atomic E-state index is 12.4. The highest BCUT2D eigenvalue weighted by atomic mass is 16.5. The summed E-state index contributed by atoms with van der Waals surface area (Å²) in [5.41, 5.74) is 0.427. The fourth-order valence-corrected chi connectivity index (χ4v) is 4.57. The van der Waals surface area contributed by atoms with Gasteiger partial charge in [-0.05, 0) is 69.9 Å². The Labute approximate surface area is 110 Å². The van der Waals surface area contributed by atoms with Crippen molar-refractivity contribution in [1.29, 1.82) is 0 Å². The molecular formula is C15H25NO2. The van der Waals surface area contributed by atoms with E-state index in [9.17, 15) is 4.79 Å². The van der Waals surface area contributed by atoms with Gasteiger partial charge in [0.15, 0.2) is 0 Å². The lowest BCUT2D eigenvalue weighted by Gasteiger charge is -2.62. The molecule has 1 N–H and O–H groups in total. The second kappa shape index (κ2) is 4.52. The van der Waals surface area contributed by atoms with Gasteiger partial charge >= 0.3 is 5.97 Å². The van der Waals surface area contributed by atoms with Gasteiger partial charge in [0, 0.05) is 0 Å². The quantitative estimate of drug-likeness (QED) is 0.783. The van der Waals surface area contributed by atoms with Gasteiger partial charge in [0.2, 0.25) is 0 Å². The molecule has 0 radical (unpaired) electrons. The average molecular weight is 251 g/mol. The van der Waals surface area contributed by atoms with Gasteiger partial charge in [-0.25, -0.2) is 0 Å². The third-order valence-corrected chi connectivity index (χ3v) is 5.60. The summed E-state index contributed by atoms with van der Waals surface area (Å²) in [7, 11) is 0. The molecule has 1 heterocycles. The van der Waals surface area contributed by atoms with Crippen molar-refractivity contribution in [2.75, 3.05) is 19.7 Å². The molecule has 0 aromatic carbocycles. The largest absolute Gasteiger partial charge is 0.466 e. The molecule has 102 valence electrons. The third kappa shape index (κ3) is 1.78. The maximum atomic E-state index is 12.4. The number of hydrogen-bond acceptors (Lipinski definition) is 3. The van der Waals surface area contributed by atoms with Crippen molar-refractivity contribution in [3.63, 3.8) is 0 Å². The van der Waals surface area contributed by atoms with Crippen molar-refractivity contribution in [2.24, 2.45) is 16.7 Å². The summed E-state index contributed by atoms with van der Waals surface area (Å²) < 4.78 is 5.40. The molecule has 3 fully saturated rings. The molecule has 3 rings (SSSR count). The molecule has 2 aliphatic carbocycles. The zero-order chi connectivity index (χ0) is 12.6. The van der Waals surface area contributed by atoms with Crippen LogP contribution in [0.4, 0.5) is 0 Å². The zero-order valence-electron chi connectivity index (χ0n) is 11.5. The van der Waals surface area contributed by atoms with Crippen molar-refractivity contribution in [2.45, 2.75) is 51.9 Å². The molecule has 3 aliphatic rings. The lowest BCUT2D eigenvalue weighted by atomic mass is 9.41. The van der Waals surface area contributed by atoms with Gasteiger partial charge in [0.05, 0.1) is 12.0 Å². The van der Waals surface area contributed by atoms with E-state index in [4.69, 9.17) is 4.74 Å². The van der Waals surface area contributed by atoms with Gasteiger partial charge in [-0.1, -0.05) is 6.42 Å². The minimum Gasteiger partial charge on any atom is -0.466 e. The molecule has 0 aromatic rings. The normalized spacial score (nSPS) is 29.4. The van der Waals surface area contributed by atoms with Crippen LogP contribution in [-0.2, 0) is 9.53 Å². The summed E-state index contributed by atoms with van der Waals surface area (Å²) in [5.74, 6) is 0.665. The van der Waals surface area contributed by atoms with E-state index in [1.807, 2.05) is 6.92 Å². The first kappa shape index (κ1) is 12.5. The van der Waals surface area contributed by atoms with Crippen molar-refractivity contribution < 1.29 is 9.53 Å². The van der Waals surface area contributed by atoms with E-state index in [1.54, 1.807) is 0 Å². The lowest BCUT2D eigenvalue weighted by molar-refractivity contribution is -0.193. The predicted octanol–water partition coefficient (Wildman–Crippen LogP) is 2.50. The van der Waals surface area contributed by atoms with Gasteiger partial charge < -0.3 is 10.1 Å². The summed E-state index contributed by atoms with van der Waals surface area (Å²) in [6.45, 7) is 4.59. The van der Waals surface area contributed by atoms with E-state index in [0.717, 1.165) is 38.8 Å². The Morgan fingerprint density at radius 1 is 1.28 bits per heavy atom. The Morgan fingerprint density at radius 3 is 2.44 bits per heavy atom. The molecule has 18 heavy (non-hydrogen) atoms. The number of nitrogens with one attached hydrogen (secondary N) is 1. The van der Waals surface area contributed by atoms with E-state index < -0.39 is 0 Å².